The highest BCUT2D eigenvalue weighted by atomic mass is 79.9. The number of ether oxygens (including phenoxy) is 1. The Hall–Kier alpha value is -0.540. The molecule has 106 valence electrons. The van der Waals surface area contributed by atoms with Crippen molar-refractivity contribution in [3.8, 4) is 5.75 Å². The highest BCUT2D eigenvalue weighted by Crippen LogP contribution is 2.54. The Morgan fingerprint density at radius 1 is 1.47 bits per heavy atom. The molecule has 0 bridgehead atoms. The molecular weight excluding hydrogens is 302 g/mol. The lowest BCUT2D eigenvalue weighted by atomic mass is 9.96. The minimum Gasteiger partial charge on any atom is -0.496 e. The van der Waals surface area contributed by atoms with Gasteiger partial charge in [-0.2, -0.15) is 0 Å². The van der Waals surface area contributed by atoms with Crippen LogP contribution in [0.15, 0.2) is 22.7 Å². The summed E-state index contributed by atoms with van der Waals surface area (Å²) >= 11 is 3.55. The third-order valence-corrected chi connectivity index (χ3v) is 4.72. The first-order valence-electron chi connectivity index (χ1n) is 7.03. The predicted octanol–water partition coefficient (Wildman–Crippen LogP) is 4.02. The van der Waals surface area contributed by atoms with E-state index >= 15 is 0 Å². The smallest absolute Gasteiger partial charge is 0.122 e. The molecule has 1 N–H and O–H groups in total. The molecule has 1 aliphatic rings. The zero-order valence-electron chi connectivity index (χ0n) is 12.3. The first-order chi connectivity index (χ1) is 8.97. The van der Waals surface area contributed by atoms with E-state index in [0.717, 1.165) is 29.1 Å². The first kappa shape index (κ1) is 14.9. The number of hydrogen-bond donors (Lipinski definition) is 1. The summed E-state index contributed by atoms with van der Waals surface area (Å²) < 4.78 is 6.60. The monoisotopic (exact) mass is 325 g/mol. The van der Waals surface area contributed by atoms with E-state index < -0.39 is 0 Å². The molecule has 1 aromatic rings. The second-order valence-electron chi connectivity index (χ2n) is 6.12. The van der Waals surface area contributed by atoms with Crippen LogP contribution in [-0.2, 0) is 6.42 Å². The molecule has 0 heterocycles. The topological polar surface area (TPSA) is 21.3 Å². The molecule has 0 aromatic heterocycles. The van der Waals surface area contributed by atoms with Crippen molar-refractivity contribution in [2.45, 2.75) is 39.7 Å². The van der Waals surface area contributed by atoms with Crippen molar-refractivity contribution in [3.63, 3.8) is 0 Å². The minimum atomic E-state index is 0.492. The largest absolute Gasteiger partial charge is 0.496 e. The van der Waals surface area contributed by atoms with Gasteiger partial charge in [-0.15, -0.1) is 0 Å². The van der Waals surface area contributed by atoms with E-state index in [1.54, 1.807) is 7.11 Å². The van der Waals surface area contributed by atoms with Crippen LogP contribution in [0, 0.1) is 11.3 Å². The van der Waals surface area contributed by atoms with Crippen LogP contribution >= 0.6 is 15.9 Å². The lowest BCUT2D eigenvalue weighted by molar-refractivity contribution is 0.386. The lowest BCUT2D eigenvalue weighted by Crippen LogP contribution is -2.34. The van der Waals surface area contributed by atoms with Gasteiger partial charge in [0.1, 0.15) is 5.75 Å². The van der Waals surface area contributed by atoms with E-state index in [0.29, 0.717) is 11.5 Å². The molecule has 2 atom stereocenters. The van der Waals surface area contributed by atoms with Crippen LogP contribution < -0.4 is 10.1 Å². The summed E-state index contributed by atoms with van der Waals surface area (Å²) in [6.07, 6.45) is 2.35. The van der Waals surface area contributed by atoms with Gasteiger partial charge in [0.05, 0.1) is 7.11 Å². The molecule has 0 aliphatic heterocycles. The van der Waals surface area contributed by atoms with Gasteiger partial charge in [0, 0.05) is 10.5 Å². The molecule has 2 nitrogen and oxygen atoms in total. The molecule has 0 amide bonds. The molecule has 19 heavy (non-hydrogen) atoms. The van der Waals surface area contributed by atoms with Crippen LogP contribution in [0.2, 0.25) is 0 Å². The Morgan fingerprint density at radius 2 is 2.16 bits per heavy atom. The Balaban J connectivity index is 2.15. The van der Waals surface area contributed by atoms with E-state index in [1.807, 2.05) is 12.1 Å². The average molecular weight is 326 g/mol. The maximum atomic E-state index is 5.48. The minimum absolute atomic E-state index is 0.492. The predicted molar refractivity (Wildman–Crippen MR) is 83.8 cm³/mol. The molecule has 3 heteroatoms. The van der Waals surface area contributed by atoms with Gasteiger partial charge in [-0.05, 0) is 54.5 Å². The summed E-state index contributed by atoms with van der Waals surface area (Å²) in [5.74, 6) is 1.76. The standard InChI is InChI=1S/C16H24BrNO/c1-5-18-14(13-10-16(13,2)3)9-11-8-12(17)6-7-15(11)19-4/h6-8,13-14,18H,5,9-10H2,1-4H3. The van der Waals surface area contributed by atoms with E-state index in [1.165, 1.54) is 12.0 Å². The third kappa shape index (κ3) is 3.51. The SMILES string of the molecule is CCNC(Cc1cc(Br)ccc1OC)C1CC1(C)C. The molecular formula is C16H24BrNO. The highest BCUT2D eigenvalue weighted by Gasteiger charge is 2.49. The molecule has 1 saturated carbocycles. The van der Waals surface area contributed by atoms with Crippen LogP contribution in [0.1, 0.15) is 32.8 Å². The number of benzene rings is 1. The van der Waals surface area contributed by atoms with Gasteiger partial charge in [-0.3, -0.25) is 0 Å². The van der Waals surface area contributed by atoms with Crippen molar-refractivity contribution in [2.24, 2.45) is 11.3 Å². The quantitative estimate of drug-likeness (QED) is 0.852. The fraction of sp³-hybridized carbons (Fsp3) is 0.625. The number of likely N-dealkylation sites (N-methyl/N-ethyl adjacent to an activating group) is 1. The molecule has 2 rings (SSSR count). The van der Waals surface area contributed by atoms with Gasteiger partial charge >= 0.3 is 0 Å². The molecule has 1 aromatic carbocycles. The summed E-state index contributed by atoms with van der Waals surface area (Å²) in [5, 5.41) is 3.65. The average Bonchev–Trinajstić information content (AvgIpc) is 2.98. The molecule has 2 unspecified atom stereocenters. The second kappa shape index (κ2) is 5.84. The van der Waals surface area contributed by atoms with Gasteiger partial charge < -0.3 is 10.1 Å². The second-order valence-corrected chi connectivity index (χ2v) is 7.04. The van der Waals surface area contributed by atoms with Crippen molar-refractivity contribution < 1.29 is 4.74 Å². The van der Waals surface area contributed by atoms with E-state index in [2.05, 4.69) is 48.1 Å². The van der Waals surface area contributed by atoms with Crippen LogP contribution in [-0.4, -0.2) is 19.7 Å². The maximum Gasteiger partial charge on any atom is 0.122 e. The fourth-order valence-electron chi connectivity index (χ4n) is 2.96. The molecule has 1 aliphatic carbocycles. The van der Waals surface area contributed by atoms with Crippen LogP contribution in [0.3, 0.4) is 0 Å². The van der Waals surface area contributed by atoms with Gasteiger partial charge in [0.25, 0.3) is 0 Å². The lowest BCUT2D eigenvalue weighted by Gasteiger charge is -2.21. The van der Waals surface area contributed by atoms with Crippen molar-refractivity contribution in [1.29, 1.82) is 0 Å². The van der Waals surface area contributed by atoms with Gasteiger partial charge in [0.15, 0.2) is 0 Å². The van der Waals surface area contributed by atoms with Crippen LogP contribution in [0.5, 0.6) is 5.75 Å². The fourth-order valence-corrected chi connectivity index (χ4v) is 3.37. The van der Waals surface area contributed by atoms with E-state index in [4.69, 9.17) is 4.74 Å². The molecule has 0 spiro atoms. The number of hydrogen-bond acceptors (Lipinski definition) is 2. The summed E-state index contributed by atoms with van der Waals surface area (Å²) in [5.41, 5.74) is 1.78. The highest BCUT2D eigenvalue weighted by molar-refractivity contribution is 9.10. The van der Waals surface area contributed by atoms with Crippen LogP contribution in [0.25, 0.3) is 0 Å². The van der Waals surface area contributed by atoms with Crippen molar-refractivity contribution in [2.75, 3.05) is 13.7 Å². The zero-order valence-corrected chi connectivity index (χ0v) is 13.9. The summed E-state index contributed by atoms with van der Waals surface area (Å²) in [6.45, 7) is 7.92. The van der Waals surface area contributed by atoms with Crippen molar-refractivity contribution >= 4 is 15.9 Å². The van der Waals surface area contributed by atoms with E-state index in [9.17, 15) is 0 Å². The molecule has 1 fully saturated rings. The normalized spacial score (nSPS) is 22.1. The number of methoxy groups -OCH3 is 1. The number of halogens is 1. The van der Waals surface area contributed by atoms with Gasteiger partial charge in [-0.1, -0.05) is 36.7 Å². The van der Waals surface area contributed by atoms with Crippen molar-refractivity contribution in [1.82, 2.24) is 5.32 Å². The van der Waals surface area contributed by atoms with Gasteiger partial charge in [0.2, 0.25) is 0 Å². The van der Waals surface area contributed by atoms with Crippen LogP contribution in [0.4, 0.5) is 0 Å². The number of nitrogens with one attached hydrogen (secondary N) is 1. The Morgan fingerprint density at radius 3 is 2.68 bits per heavy atom. The first-order valence-corrected chi connectivity index (χ1v) is 7.83. The molecule has 0 radical (unpaired) electrons. The molecule has 0 saturated heterocycles. The summed E-state index contributed by atoms with van der Waals surface area (Å²) in [7, 11) is 1.75. The third-order valence-electron chi connectivity index (χ3n) is 4.22. The maximum absolute atomic E-state index is 5.48. The number of rotatable bonds is 6. The van der Waals surface area contributed by atoms with Gasteiger partial charge in [-0.25, -0.2) is 0 Å². The zero-order chi connectivity index (χ0) is 14.0. The summed E-state index contributed by atoms with van der Waals surface area (Å²) in [6, 6.07) is 6.80. The summed E-state index contributed by atoms with van der Waals surface area (Å²) in [4.78, 5) is 0. The Labute approximate surface area is 125 Å². The van der Waals surface area contributed by atoms with E-state index in [-0.39, 0.29) is 0 Å². The Bertz CT molecular complexity index is 444. The Kier molecular flexibility index (Phi) is 4.57. The van der Waals surface area contributed by atoms with Crippen molar-refractivity contribution in [3.05, 3.63) is 28.2 Å².